The molecule has 0 aliphatic heterocycles. The van der Waals surface area contributed by atoms with Crippen molar-refractivity contribution in [2.45, 2.75) is 69.9 Å². The number of amides is 3. The summed E-state index contributed by atoms with van der Waals surface area (Å²) >= 11 is 6.75. The highest BCUT2D eigenvalue weighted by molar-refractivity contribution is 7.09. The molecule has 1 aromatic heterocycles. The van der Waals surface area contributed by atoms with Crippen molar-refractivity contribution in [2.24, 2.45) is 0 Å². The number of hydrogen-bond acceptors (Lipinski definition) is 6. The highest BCUT2D eigenvalue weighted by Gasteiger charge is 2.30. The zero-order chi connectivity index (χ0) is 24.9. The molecular weight excluding hydrogens is 493 g/mol. The van der Waals surface area contributed by atoms with Gasteiger partial charge in [0.05, 0.1) is 10.7 Å². The van der Waals surface area contributed by atoms with Gasteiger partial charge < -0.3 is 16.4 Å². The number of benzene rings is 1. The van der Waals surface area contributed by atoms with Gasteiger partial charge in [-0.15, -0.1) is 0 Å². The summed E-state index contributed by atoms with van der Waals surface area (Å²) in [5.74, 6) is -2.01. The average Bonchev–Trinajstić information content (AvgIpc) is 3.49. The summed E-state index contributed by atoms with van der Waals surface area (Å²) in [6.07, 6.45) is 8.94. The van der Waals surface area contributed by atoms with E-state index >= 15 is 0 Å². The Morgan fingerprint density at radius 1 is 1.06 bits per heavy atom. The molecule has 2 aliphatic carbocycles. The molecule has 0 atom stereocenters. The minimum absolute atomic E-state index is 0.00332. The second kappa shape index (κ2) is 11.3. The molecule has 188 valence electrons. The van der Waals surface area contributed by atoms with Crippen molar-refractivity contribution in [3.05, 3.63) is 39.6 Å². The third-order valence-electron chi connectivity index (χ3n) is 6.56. The van der Waals surface area contributed by atoms with Gasteiger partial charge in [0, 0.05) is 17.8 Å². The highest BCUT2D eigenvalue weighted by Crippen LogP contribution is 2.29. The third-order valence-corrected chi connectivity index (χ3v) is 7.70. The number of hydrogen-bond donors (Lipinski definition) is 3. The Balaban J connectivity index is 1.55. The Kier molecular flexibility index (Phi) is 8.22. The molecule has 2 aromatic rings. The van der Waals surface area contributed by atoms with Crippen molar-refractivity contribution in [3.63, 3.8) is 0 Å². The first-order chi connectivity index (χ1) is 16.8. The van der Waals surface area contributed by atoms with Gasteiger partial charge in [-0.1, -0.05) is 43.7 Å². The second-order valence-electron chi connectivity index (χ2n) is 9.12. The molecule has 4 N–H and O–H groups in total. The summed E-state index contributed by atoms with van der Waals surface area (Å²) in [6.45, 7) is -0.307. The van der Waals surface area contributed by atoms with Crippen LogP contribution in [0.1, 0.15) is 77.9 Å². The number of rotatable bonds is 7. The van der Waals surface area contributed by atoms with E-state index in [9.17, 15) is 18.8 Å². The Morgan fingerprint density at radius 2 is 1.69 bits per heavy atom. The van der Waals surface area contributed by atoms with E-state index < -0.39 is 17.6 Å². The molecule has 8 nitrogen and oxygen atoms in total. The van der Waals surface area contributed by atoms with Crippen LogP contribution in [0.5, 0.6) is 0 Å². The van der Waals surface area contributed by atoms with Gasteiger partial charge >= 0.3 is 0 Å². The molecule has 1 heterocycles. The van der Waals surface area contributed by atoms with Crippen molar-refractivity contribution in [3.8, 4) is 0 Å². The quantitative estimate of drug-likeness (QED) is 0.502. The number of nitrogens with zero attached hydrogens (tertiary/aromatic N) is 2. The number of anilines is 2. The fourth-order valence-electron chi connectivity index (χ4n) is 4.66. The van der Waals surface area contributed by atoms with Crippen LogP contribution in [-0.4, -0.2) is 40.7 Å². The molecule has 0 radical (unpaired) electrons. The lowest BCUT2D eigenvalue weighted by atomic mass is 9.95. The predicted octanol–water partition coefficient (Wildman–Crippen LogP) is 4.29. The number of carbonyl (C=O) groups is 3. The zero-order valence-corrected chi connectivity index (χ0v) is 20.9. The van der Waals surface area contributed by atoms with Crippen molar-refractivity contribution >= 4 is 52.2 Å². The molecule has 3 amide bonds. The van der Waals surface area contributed by atoms with Gasteiger partial charge in [-0.25, -0.2) is 4.39 Å². The average molecular weight is 522 g/mol. The van der Waals surface area contributed by atoms with Gasteiger partial charge in [0.25, 0.3) is 11.8 Å². The predicted molar refractivity (Wildman–Crippen MR) is 134 cm³/mol. The van der Waals surface area contributed by atoms with Crippen LogP contribution in [0, 0.1) is 5.82 Å². The van der Waals surface area contributed by atoms with Crippen molar-refractivity contribution in [1.82, 2.24) is 15.0 Å². The van der Waals surface area contributed by atoms with Crippen LogP contribution in [0.25, 0.3) is 0 Å². The van der Waals surface area contributed by atoms with Gasteiger partial charge in [-0.3, -0.25) is 19.3 Å². The second-order valence-corrected chi connectivity index (χ2v) is 10.3. The first-order valence-corrected chi connectivity index (χ1v) is 13.1. The molecule has 0 spiro atoms. The van der Waals surface area contributed by atoms with E-state index in [0.717, 1.165) is 75.4 Å². The molecule has 4 rings (SSSR count). The van der Waals surface area contributed by atoms with E-state index in [-0.39, 0.29) is 51.5 Å². The number of nitrogens with one attached hydrogen (secondary N) is 2. The zero-order valence-electron chi connectivity index (χ0n) is 19.3. The SMILES string of the molecule is Nc1c(C(=O)NC2CCCCC2)nsc1C(=O)N(CC(=O)NC1CCCC1)c1ccc(F)c(Cl)c1. The lowest BCUT2D eigenvalue weighted by Gasteiger charge is -2.23. The summed E-state index contributed by atoms with van der Waals surface area (Å²) in [4.78, 5) is 40.3. The first-order valence-electron chi connectivity index (χ1n) is 12.0. The summed E-state index contributed by atoms with van der Waals surface area (Å²) in [5, 5.41) is 5.72. The molecule has 2 saturated carbocycles. The van der Waals surface area contributed by atoms with E-state index in [1.54, 1.807) is 0 Å². The molecule has 0 unspecified atom stereocenters. The van der Waals surface area contributed by atoms with Crippen molar-refractivity contribution in [2.75, 3.05) is 17.2 Å². The fraction of sp³-hybridized carbons (Fsp3) is 0.500. The Bertz CT molecular complexity index is 1100. The minimum atomic E-state index is -0.641. The van der Waals surface area contributed by atoms with E-state index in [4.69, 9.17) is 17.3 Å². The molecule has 2 fully saturated rings. The van der Waals surface area contributed by atoms with Gasteiger partial charge in [0.1, 0.15) is 17.2 Å². The smallest absolute Gasteiger partial charge is 0.273 e. The maximum Gasteiger partial charge on any atom is 0.273 e. The topological polar surface area (TPSA) is 117 Å². The Hall–Kier alpha value is -2.72. The normalized spacial score (nSPS) is 16.7. The Morgan fingerprint density at radius 3 is 2.34 bits per heavy atom. The summed E-state index contributed by atoms with van der Waals surface area (Å²) in [7, 11) is 0. The van der Waals surface area contributed by atoms with Crippen molar-refractivity contribution in [1.29, 1.82) is 0 Å². The molecule has 35 heavy (non-hydrogen) atoms. The lowest BCUT2D eigenvalue weighted by molar-refractivity contribution is -0.120. The number of nitrogens with two attached hydrogens (primary N) is 1. The molecule has 0 saturated heterocycles. The summed E-state index contributed by atoms with van der Waals surface area (Å²) < 4.78 is 17.9. The molecule has 0 bridgehead atoms. The number of aromatic nitrogens is 1. The molecule has 1 aromatic carbocycles. The van der Waals surface area contributed by atoms with Crippen LogP contribution in [-0.2, 0) is 4.79 Å². The number of carbonyl (C=O) groups excluding carboxylic acids is 3. The first kappa shape index (κ1) is 25.4. The number of nitrogen functional groups attached to an aromatic ring is 1. The van der Waals surface area contributed by atoms with Gasteiger partial charge in [-0.05, 0) is 55.4 Å². The van der Waals surface area contributed by atoms with E-state index in [1.807, 2.05) is 0 Å². The van der Waals surface area contributed by atoms with Gasteiger partial charge in [0.2, 0.25) is 5.91 Å². The largest absolute Gasteiger partial charge is 0.395 e. The lowest BCUT2D eigenvalue weighted by Crippen LogP contribution is -2.43. The van der Waals surface area contributed by atoms with Crippen LogP contribution >= 0.6 is 23.1 Å². The van der Waals surface area contributed by atoms with Crippen LogP contribution in [0.2, 0.25) is 5.02 Å². The summed E-state index contributed by atoms with van der Waals surface area (Å²) in [6, 6.07) is 3.92. The Labute approximate surface area is 212 Å². The monoisotopic (exact) mass is 521 g/mol. The summed E-state index contributed by atoms with van der Waals surface area (Å²) in [5.41, 5.74) is 6.39. The minimum Gasteiger partial charge on any atom is -0.395 e. The standard InChI is InChI=1S/C24H29ClFN5O3S/c25-17-12-16(10-11-18(17)26)31(13-19(32)28-14-8-4-5-9-14)24(34)22-20(27)21(30-35-22)23(33)29-15-6-2-1-3-7-15/h10-12,14-15H,1-9,13,27H2,(H,28,32)(H,29,33). The number of halogens is 2. The molecule has 11 heteroatoms. The van der Waals surface area contributed by atoms with E-state index in [0.29, 0.717) is 0 Å². The van der Waals surface area contributed by atoms with Gasteiger partial charge in [-0.2, -0.15) is 4.37 Å². The maximum absolute atomic E-state index is 13.8. The van der Waals surface area contributed by atoms with Gasteiger partial charge in [0.15, 0.2) is 5.69 Å². The van der Waals surface area contributed by atoms with Crippen LogP contribution < -0.4 is 21.3 Å². The van der Waals surface area contributed by atoms with Crippen molar-refractivity contribution < 1.29 is 18.8 Å². The fourth-order valence-corrected chi connectivity index (χ4v) is 5.58. The molecular formula is C24H29ClFN5O3S. The van der Waals surface area contributed by atoms with E-state index in [2.05, 4.69) is 15.0 Å². The van der Waals surface area contributed by atoms with Crippen LogP contribution in [0.3, 0.4) is 0 Å². The van der Waals surface area contributed by atoms with Crippen LogP contribution in [0.15, 0.2) is 18.2 Å². The third kappa shape index (κ3) is 6.10. The molecule has 2 aliphatic rings. The maximum atomic E-state index is 13.8. The highest BCUT2D eigenvalue weighted by atomic mass is 35.5. The van der Waals surface area contributed by atoms with Crippen LogP contribution in [0.4, 0.5) is 15.8 Å². The van der Waals surface area contributed by atoms with E-state index in [1.165, 1.54) is 17.0 Å².